The number of pyridine rings is 3. The number of hydrogen-bond donors (Lipinski definition) is 1. The summed E-state index contributed by atoms with van der Waals surface area (Å²) < 4.78 is 0. The monoisotopic (exact) mass is 699 g/mol. The Morgan fingerprint density at radius 3 is 1.33 bits per heavy atom. The highest BCUT2D eigenvalue weighted by Gasteiger charge is 2.12. The summed E-state index contributed by atoms with van der Waals surface area (Å²) in [5, 5.41) is 10.3. The molecular weight excluding hydrogens is 659 g/mol. The van der Waals surface area contributed by atoms with Gasteiger partial charge in [-0.1, -0.05) is 133 Å². The molecule has 8 rings (SSSR count). The van der Waals surface area contributed by atoms with Crippen LogP contribution in [0.15, 0.2) is 176 Å². The molecule has 4 nitrogen and oxygen atoms in total. The molecule has 0 aliphatic rings. The Bertz CT molecular complexity index is 2370. The fourth-order valence-corrected chi connectivity index (χ4v) is 6.97. The summed E-state index contributed by atoms with van der Waals surface area (Å²) in [6, 6.07) is 54.8. The van der Waals surface area contributed by atoms with E-state index in [0.29, 0.717) is 0 Å². The lowest BCUT2D eigenvalue weighted by Crippen LogP contribution is -1.98. The molecule has 0 fully saturated rings. The van der Waals surface area contributed by atoms with Crippen LogP contribution in [0.4, 0.5) is 0 Å². The predicted molar refractivity (Wildman–Crippen MR) is 221 cm³/mol. The Kier molecular flexibility index (Phi) is 10.2. The number of aryl methyl sites for hydroxylation is 5. The van der Waals surface area contributed by atoms with E-state index in [1.165, 1.54) is 33.4 Å². The average molecular weight is 700 g/mol. The standard InChI is InChI=1S/C50H41N3O/c1-35-16-23-42(31-50(35)54)49-27-24-43(34-53-49)45-14-8-9-15-46(45)44-29-38(19-17-36-21-25-47(51-32-36)40-10-4-2-5-11-40)28-39(30-44)20-18-37-22-26-48(52-33-37)41-12-6-3-7-13-41/h2-16,21-34,54H,17-20H2,1H3. The summed E-state index contributed by atoms with van der Waals surface area (Å²) in [5.41, 5.74) is 16.4. The third-order valence-corrected chi connectivity index (χ3v) is 10.1. The first-order valence-electron chi connectivity index (χ1n) is 18.6. The van der Waals surface area contributed by atoms with Crippen LogP contribution < -0.4 is 0 Å². The molecule has 0 atom stereocenters. The molecule has 0 saturated heterocycles. The minimum atomic E-state index is 0.278. The third-order valence-electron chi connectivity index (χ3n) is 10.1. The van der Waals surface area contributed by atoms with Crippen molar-refractivity contribution in [3.8, 4) is 61.8 Å². The normalized spacial score (nSPS) is 11.1. The van der Waals surface area contributed by atoms with Crippen LogP contribution in [0.5, 0.6) is 5.75 Å². The van der Waals surface area contributed by atoms with E-state index in [1.807, 2.05) is 80.1 Å². The molecule has 0 spiro atoms. The largest absolute Gasteiger partial charge is 0.508 e. The van der Waals surface area contributed by atoms with E-state index >= 15 is 0 Å². The molecule has 3 heterocycles. The molecule has 1 N–H and O–H groups in total. The van der Waals surface area contributed by atoms with Crippen molar-refractivity contribution < 1.29 is 5.11 Å². The van der Waals surface area contributed by atoms with E-state index in [0.717, 1.165) is 76.1 Å². The molecule has 0 unspecified atom stereocenters. The third kappa shape index (κ3) is 8.04. The molecule has 0 saturated carbocycles. The van der Waals surface area contributed by atoms with Gasteiger partial charge in [0, 0.05) is 40.8 Å². The zero-order valence-electron chi connectivity index (χ0n) is 30.4. The fourth-order valence-electron chi connectivity index (χ4n) is 6.97. The topological polar surface area (TPSA) is 58.9 Å². The maximum absolute atomic E-state index is 10.3. The molecule has 5 aromatic carbocycles. The second-order valence-corrected chi connectivity index (χ2v) is 13.9. The van der Waals surface area contributed by atoms with Gasteiger partial charge in [0.15, 0.2) is 0 Å². The van der Waals surface area contributed by atoms with Gasteiger partial charge >= 0.3 is 0 Å². The SMILES string of the molecule is Cc1ccc(-c2ccc(-c3ccccc3-c3cc(CCc4ccc(-c5ccccc5)nc4)cc(CCc4ccc(-c5ccccc5)nc4)c3)cn2)cc1O. The number of benzene rings is 5. The second-order valence-electron chi connectivity index (χ2n) is 13.9. The summed E-state index contributed by atoms with van der Waals surface area (Å²) in [6.07, 6.45) is 9.58. The van der Waals surface area contributed by atoms with Crippen LogP contribution in [0.2, 0.25) is 0 Å². The number of aromatic nitrogens is 3. The van der Waals surface area contributed by atoms with Gasteiger partial charge < -0.3 is 5.11 Å². The summed E-state index contributed by atoms with van der Waals surface area (Å²) in [7, 11) is 0. The number of hydrogen-bond acceptors (Lipinski definition) is 4. The van der Waals surface area contributed by atoms with Crippen LogP contribution in [0.3, 0.4) is 0 Å². The van der Waals surface area contributed by atoms with E-state index in [4.69, 9.17) is 15.0 Å². The van der Waals surface area contributed by atoms with Crippen LogP contribution in [0.25, 0.3) is 56.0 Å². The highest BCUT2D eigenvalue weighted by molar-refractivity contribution is 5.84. The van der Waals surface area contributed by atoms with Crippen LogP contribution in [-0.2, 0) is 25.7 Å². The van der Waals surface area contributed by atoms with Crippen LogP contribution in [-0.4, -0.2) is 20.1 Å². The van der Waals surface area contributed by atoms with Crippen molar-refractivity contribution in [3.05, 3.63) is 204 Å². The van der Waals surface area contributed by atoms with Crippen molar-refractivity contribution in [1.29, 1.82) is 0 Å². The molecule has 0 aliphatic carbocycles. The van der Waals surface area contributed by atoms with E-state index in [1.54, 1.807) is 6.07 Å². The Morgan fingerprint density at radius 1 is 0.370 bits per heavy atom. The molecule has 0 amide bonds. The molecule has 8 aromatic rings. The molecule has 3 aromatic heterocycles. The Morgan fingerprint density at radius 2 is 0.833 bits per heavy atom. The number of rotatable bonds is 11. The van der Waals surface area contributed by atoms with Gasteiger partial charge in [-0.3, -0.25) is 15.0 Å². The molecule has 262 valence electrons. The Labute approximate surface area is 317 Å². The average Bonchev–Trinajstić information content (AvgIpc) is 3.24. The quantitative estimate of drug-likeness (QED) is 0.146. The minimum absolute atomic E-state index is 0.278. The highest BCUT2D eigenvalue weighted by atomic mass is 16.3. The summed E-state index contributed by atoms with van der Waals surface area (Å²) in [6.45, 7) is 1.90. The first-order valence-corrected chi connectivity index (χ1v) is 18.6. The van der Waals surface area contributed by atoms with Crippen molar-refractivity contribution in [1.82, 2.24) is 15.0 Å². The summed E-state index contributed by atoms with van der Waals surface area (Å²) in [4.78, 5) is 14.4. The zero-order valence-corrected chi connectivity index (χ0v) is 30.4. The Hall–Kier alpha value is -6.65. The number of phenolic OH excluding ortho intramolecular Hbond substituents is 1. The van der Waals surface area contributed by atoms with Crippen LogP contribution >= 0.6 is 0 Å². The first kappa shape index (κ1) is 34.4. The highest BCUT2D eigenvalue weighted by Crippen LogP contribution is 2.35. The van der Waals surface area contributed by atoms with Gasteiger partial charge in [-0.15, -0.1) is 0 Å². The summed E-state index contributed by atoms with van der Waals surface area (Å²) in [5.74, 6) is 0.278. The van der Waals surface area contributed by atoms with Gasteiger partial charge in [-0.05, 0) is 101 Å². The maximum Gasteiger partial charge on any atom is 0.119 e. The van der Waals surface area contributed by atoms with Crippen molar-refractivity contribution >= 4 is 0 Å². The molecular formula is C50H41N3O. The predicted octanol–water partition coefficient (Wildman–Crippen LogP) is 11.8. The molecule has 0 aliphatic heterocycles. The second kappa shape index (κ2) is 15.9. The van der Waals surface area contributed by atoms with Gasteiger partial charge in [0.05, 0.1) is 17.1 Å². The van der Waals surface area contributed by atoms with Crippen molar-refractivity contribution in [3.63, 3.8) is 0 Å². The Balaban J connectivity index is 1.08. The van der Waals surface area contributed by atoms with Crippen molar-refractivity contribution in [2.45, 2.75) is 32.6 Å². The van der Waals surface area contributed by atoms with E-state index < -0.39 is 0 Å². The van der Waals surface area contributed by atoms with Crippen molar-refractivity contribution in [2.24, 2.45) is 0 Å². The van der Waals surface area contributed by atoms with Gasteiger partial charge in [-0.25, -0.2) is 0 Å². The first-order chi connectivity index (χ1) is 26.6. The molecule has 0 radical (unpaired) electrons. The number of phenols is 1. The van der Waals surface area contributed by atoms with E-state index in [9.17, 15) is 5.11 Å². The molecule has 54 heavy (non-hydrogen) atoms. The maximum atomic E-state index is 10.3. The van der Waals surface area contributed by atoms with Gasteiger partial charge in [-0.2, -0.15) is 0 Å². The van der Waals surface area contributed by atoms with E-state index in [2.05, 4.69) is 97.1 Å². The number of nitrogens with zero attached hydrogens (tertiary/aromatic N) is 3. The van der Waals surface area contributed by atoms with Crippen LogP contribution in [0.1, 0.15) is 27.8 Å². The minimum Gasteiger partial charge on any atom is -0.508 e. The lowest BCUT2D eigenvalue weighted by molar-refractivity contribution is 0.471. The van der Waals surface area contributed by atoms with Gasteiger partial charge in [0.25, 0.3) is 0 Å². The zero-order chi connectivity index (χ0) is 36.7. The lowest BCUT2D eigenvalue weighted by atomic mass is 9.90. The number of aromatic hydroxyl groups is 1. The van der Waals surface area contributed by atoms with Gasteiger partial charge in [0.1, 0.15) is 5.75 Å². The molecule has 0 bridgehead atoms. The van der Waals surface area contributed by atoms with Crippen LogP contribution in [0, 0.1) is 6.92 Å². The van der Waals surface area contributed by atoms with Crippen molar-refractivity contribution in [2.75, 3.05) is 0 Å². The summed E-state index contributed by atoms with van der Waals surface area (Å²) >= 11 is 0. The van der Waals surface area contributed by atoms with Gasteiger partial charge in [0.2, 0.25) is 0 Å². The fraction of sp³-hybridized carbons (Fsp3) is 0.100. The van der Waals surface area contributed by atoms with E-state index in [-0.39, 0.29) is 5.75 Å². The smallest absolute Gasteiger partial charge is 0.119 e. The lowest BCUT2D eigenvalue weighted by Gasteiger charge is -2.15. The molecule has 4 heteroatoms.